The van der Waals surface area contributed by atoms with Crippen LogP contribution < -0.4 is 0 Å². The molecule has 1 unspecified atom stereocenters. The molecule has 4 aliphatic rings. The molecule has 4 rings (SSSR count). The maximum absolute atomic E-state index is 11.8. The minimum Gasteiger partial charge on any atom is -0.469 e. The summed E-state index contributed by atoms with van der Waals surface area (Å²) in [7, 11) is 1.53. The number of hydrogen-bond acceptors (Lipinski definition) is 2. The molecule has 0 aromatic heterocycles. The maximum atomic E-state index is 11.8. The van der Waals surface area contributed by atoms with Gasteiger partial charge in [-0.05, 0) is 48.3 Å². The molecule has 2 heteroatoms. The number of esters is 1. The van der Waals surface area contributed by atoms with E-state index >= 15 is 0 Å². The molecule has 0 N–H and O–H groups in total. The summed E-state index contributed by atoms with van der Waals surface area (Å²) >= 11 is 0. The van der Waals surface area contributed by atoms with E-state index < -0.39 is 0 Å². The summed E-state index contributed by atoms with van der Waals surface area (Å²) in [4.78, 5) is 11.8. The summed E-state index contributed by atoms with van der Waals surface area (Å²) < 4.78 is 4.97. The van der Waals surface area contributed by atoms with Gasteiger partial charge in [-0.1, -0.05) is 12.2 Å². The highest BCUT2D eigenvalue weighted by Crippen LogP contribution is 2.82. The van der Waals surface area contributed by atoms with E-state index in [9.17, 15) is 4.79 Å². The predicted molar refractivity (Wildman–Crippen MR) is 54.9 cm³/mol. The Kier molecular flexibility index (Phi) is 1.29. The zero-order valence-corrected chi connectivity index (χ0v) is 8.98. The van der Waals surface area contributed by atoms with E-state index in [2.05, 4.69) is 12.2 Å². The third-order valence-electron chi connectivity index (χ3n) is 5.33. The third kappa shape index (κ3) is 0.745. The first kappa shape index (κ1) is 8.37. The standard InChI is InChI=1S/C13H16O2/c1-15-12(14)11-10-7-2-3-9(6-7)13(10,11)8-4-5-8/h2-3,7-11H,4-6H2,1H3/t7-,9+,10+,11?,13+/m1/s1. The first-order valence-electron chi connectivity index (χ1n) is 6.06. The second kappa shape index (κ2) is 2.31. The molecule has 0 radical (unpaired) electrons. The van der Waals surface area contributed by atoms with Gasteiger partial charge in [-0.2, -0.15) is 0 Å². The van der Waals surface area contributed by atoms with Gasteiger partial charge < -0.3 is 4.74 Å². The van der Waals surface area contributed by atoms with Gasteiger partial charge in [0, 0.05) is 0 Å². The van der Waals surface area contributed by atoms with E-state index in [-0.39, 0.29) is 11.9 Å². The monoisotopic (exact) mass is 204 g/mol. The second-order valence-corrected chi connectivity index (χ2v) is 5.69. The lowest BCUT2D eigenvalue weighted by atomic mass is 9.83. The summed E-state index contributed by atoms with van der Waals surface area (Å²) in [6, 6.07) is 0. The van der Waals surface area contributed by atoms with Crippen molar-refractivity contribution >= 4 is 5.97 Å². The van der Waals surface area contributed by atoms with Gasteiger partial charge >= 0.3 is 5.97 Å². The Labute approximate surface area is 89.7 Å². The fraction of sp³-hybridized carbons (Fsp3) is 0.769. The average Bonchev–Trinajstić information content (AvgIpc) is 3.14. The number of fused-ring (bicyclic) bond motifs is 5. The quantitative estimate of drug-likeness (QED) is 0.508. The Balaban J connectivity index is 1.73. The van der Waals surface area contributed by atoms with Crippen molar-refractivity contribution in [3.63, 3.8) is 0 Å². The van der Waals surface area contributed by atoms with Crippen molar-refractivity contribution in [1.29, 1.82) is 0 Å². The van der Waals surface area contributed by atoms with Crippen LogP contribution in [0.15, 0.2) is 12.2 Å². The number of carbonyl (C=O) groups excluding carboxylic acids is 1. The van der Waals surface area contributed by atoms with E-state index in [4.69, 9.17) is 4.74 Å². The molecule has 15 heavy (non-hydrogen) atoms. The minimum atomic E-state index is 0.0605. The number of allylic oxidation sites excluding steroid dienone is 2. The van der Waals surface area contributed by atoms with E-state index in [1.54, 1.807) is 0 Å². The van der Waals surface area contributed by atoms with Crippen molar-refractivity contribution in [3.05, 3.63) is 12.2 Å². The fourth-order valence-corrected chi connectivity index (χ4v) is 4.81. The highest BCUT2D eigenvalue weighted by molar-refractivity contribution is 5.79. The van der Waals surface area contributed by atoms with Crippen LogP contribution in [0.4, 0.5) is 0 Å². The van der Waals surface area contributed by atoms with Crippen LogP contribution in [0.1, 0.15) is 19.3 Å². The molecule has 0 heterocycles. The van der Waals surface area contributed by atoms with E-state index in [0.29, 0.717) is 23.2 Å². The summed E-state index contributed by atoms with van der Waals surface area (Å²) in [5.74, 6) is 3.18. The lowest BCUT2D eigenvalue weighted by molar-refractivity contribution is -0.144. The van der Waals surface area contributed by atoms with Gasteiger partial charge in [0.1, 0.15) is 0 Å². The molecule has 0 spiro atoms. The Hall–Kier alpha value is -0.790. The van der Waals surface area contributed by atoms with Gasteiger partial charge in [-0.3, -0.25) is 4.79 Å². The van der Waals surface area contributed by atoms with Crippen molar-refractivity contribution in [1.82, 2.24) is 0 Å². The first-order valence-corrected chi connectivity index (χ1v) is 6.06. The Bertz CT molecular complexity index is 369. The summed E-state index contributed by atoms with van der Waals surface area (Å²) in [6.45, 7) is 0. The van der Waals surface area contributed by atoms with E-state index in [0.717, 1.165) is 5.92 Å². The second-order valence-electron chi connectivity index (χ2n) is 5.69. The lowest BCUT2D eigenvalue weighted by Gasteiger charge is -2.20. The number of rotatable bonds is 2. The summed E-state index contributed by atoms with van der Waals surface area (Å²) in [6.07, 6.45) is 8.73. The maximum Gasteiger partial charge on any atom is 0.309 e. The lowest BCUT2D eigenvalue weighted by Crippen LogP contribution is -2.21. The zero-order valence-electron chi connectivity index (χ0n) is 8.98. The number of hydrogen-bond donors (Lipinski definition) is 0. The van der Waals surface area contributed by atoms with Crippen molar-refractivity contribution in [3.8, 4) is 0 Å². The zero-order chi connectivity index (χ0) is 10.2. The third-order valence-corrected chi connectivity index (χ3v) is 5.33. The molecule has 5 atom stereocenters. The molecule has 3 fully saturated rings. The molecule has 2 bridgehead atoms. The van der Waals surface area contributed by atoms with Crippen molar-refractivity contribution in [2.75, 3.05) is 7.11 Å². The van der Waals surface area contributed by atoms with E-state index in [1.807, 2.05) is 0 Å². The molecule has 80 valence electrons. The SMILES string of the molecule is COC(=O)C1[C@@H]2[C@@H]3C=C[C@@H](C3)[C@]12C1CC1. The van der Waals surface area contributed by atoms with Gasteiger partial charge in [0.25, 0.3) is 0 Å². The van der Waals surface area contributed by atoms with Gasteiger partial charge in [0.15, 0.2) is 0 Å². The van der Waals surface area contributed by atoms with Crippen LogP contribution in [0.5, 0.6) is 0 Å². The van der Waals surface area contributed by atoms with Crippen LogP contribution in [0.25, 0.3) is 0 Å². The molecule has 0 aromatic carbocycles. The van der Waals surface area contributed by atoms with E-state index in [1.165, 1.54) is 26.4 Å². The van der Waals surface area contributed by atoms with Crippen LogP contribution >= 0.6 is 0 Å². The van der Waals surface area contributed by atoms with Gasteiger partial charge in [-0.15, -0.1) is 0 Å². The highest BCUT2D eigenvalue weighted by atomic mass is 16.5. The van der Waals surface area contributed by atoms with Gasteiger partial charge in [0.2, 0.25) is 0 Å². The largest absolute Gasteiger partial charge is 0.469 e. The average molecular weight is 204 g/mol. The van der Waals surface area contributed by atoms with Crippen molar-refractivity contribution in [2.24, 2.45) is 35.0 Å². The van der Waals surface area contributed by atoms with Crippen LogP contribution in [0, 0.1) is 35.0 Å². The molecule has 4 aliphatic carbocycles. The van der Waals surface area contributed by atoms with Crippen molar-refractivity contribution < 1.29 is 9.53 Å². The number of carbonyl (C=O) groups is 1. The highest BCUT2D eigenvalue weighted by Gasteiger charge is 2.81. The number of ether oxygens (including phenoxy) is 1. The van der Waals surface area contributed by atoms with Crippen LogP contribution in [0.2, 0.25) is 0 Å². The molecule has 0 amide bonds. The van der Waals surface area contributed by atoms with Gasteiger partial charge in [0.05, 0.1) is 13.0 Å². The molecule has 2 nitrogen and oxygen atoms in total. The molecular weight excluding hydrogens is 188 g/mol. The number of methoxy groups -OCH3 is 1. The van der Waals surface area contributed by atoms with Gasteiger partial charge in [-0.25, -0.2) is 0 Å². The molecule has 0 saturated heterocycles. The van der Waals surface area contributed by atoms with Crippen LogP contribution in [-0.4, -0.2) is 13.1 Å². The smallest absolute Gasteiger partial charge is 0.309 e. The summed E-state index contributed by atoms with van der Waals surface area (Å²) in [5, 5.41) is 0. The topological polar surface area (TPSA) is 26.3 Å². The minimum absolute atomic E-state index is 0.0605. The Morgan fingerprint density at radius 1 is 1.40 bits per heavy atom. The molecular formula is C13H16O2. The Morgan fingerprint density at radius 2 is 2.20 bits per heavy atom. The normalized spacial score (nSPS) is 54.2. The molecule has 3 saturated carbocycles. The van der Waals surface area contributed by atoms with Crippen LogP contribution in [-0.2, 0) is 9.53 Å². The van der Waals surface area contributed by atoms with Crippen molar-refractivity contribution in [2.45, 2.75) is 19.3 Å². The predicted octanol–water partition coefficient (Wildman–Crippen LogP) is 2.01. The summed E-state index contributed by atoms with van der Waals surface area (Å²) in [5.41, 5.74) is 0.368. The molecule has 0 aromatic rings. The Morgan fingerprint density at radius 3 is 2.87 bits per heavy atom. The fourth-order valence-electron chi connectivity index (χ4n) is 4.81. The first-order chi connectivity index (χ1) is 7.30. The molecule has 0 aliphatic heterocycles. The van der Waals surface area contributed by atoms with Crippen LogP contribution in [0.3, 0.4) is 0 Å².